The summed E-state index contributed by atoms with van der Waals surface area (Å²) in [5, 5.41) is 13.5. The van der Waals surface area contributed by atoms with Crippen molar-refractivity contribution in [1.29, 1.82) is 0 Å². The van der Waals surface area contributed by atoms with Crippen molar-refractivity contribution in [2.24, 2.45) is 16.7 Å². The number of carboxylic acids is 1. The van der Waals surface area contributed by atoms with Crippen LogP contribution < -0.4 is 11.6 Å². The van der Waals surface area contributed by atoms with Crippen molar-refractivity contribution >= 4 is 17.6 Å². The molecule has 0 saturated carbocycles. The maximum Gasteiger partial charge on any atom is 0.456 e. The van der Waals surface area contributed by atoms with Gasteiger partial charge >= 0.3 is 12.1 Å². The predicted molar refractivity (Wildman–Crippen MR) is 130 cm³/mol. The SMILES string of the molecule is Cc1nc(-n2cccc2C(=O)C(F)(F)F)c(C(=O)O)n1Cc1ccc(-c2ccccc2/C(N)=N/N)cc1. The lowest BCUT2D eigenvalue weighted by atomic mass is 9.98. The molecule has 0 aliphatic rings. The molecule has 9 nitrogen and oxygen atoms in total. The van der Waals surface area contributed by atoms with Crippen molar-refractivity contribution in [3.63, 3.8) is 0 Å². The molecule has 5 N–H and O–H groups in total. The number of nitrogens with zero attached hydrogens (tertiary/aromatic N) is 4. The van der Waals surface area contributed by atoms with Crippen molar-refractivity contribution < 1.29 is 27.9 Å². The van der Waals surface area contributed by atoms with Gasteiger partial charge < -0.3 is 21.2 Å². The Hall–Kier alpha value is -4.87. The van der Waals surface area contributed by atoms with Crippen LogP contribution in [-0.4, -0.2) is 43.0 Å². The molecule has 12 heteroatoms. The van der Waals surface area contributed by atoms with Crippen LogP contribution in [0.5, 0.6) is 0 Å². The lowest BCUT2D eigenvalue weighted by Gasteiger charge is -2.12. The van der Waals surface area contributed by atoms with Crippen molar-refractivity contribution in [3.8, 4) is 16.9 Å². The zero-order valence-corrected chi connectivity index (χ0v) is 19.4. The quantitative estimate of drug-likeness (QED) is 0.114. The van der Waals surface area contributed by atoms with E-state index in [1.165, 1.54) is 23.8 Å². The molecule has 2 aromatic heterocycles. The minimum absolute atomic E-state index is 0.0681. The summed E-state index contributed by atoms with van der Waals surface area (Å²) >= 11 is 0. The van der Waals surface area contributed by atoms with E-state index in [9.17, 15) is 27.9 Å². The third kappa shape index (κ3) is 4.81. The summed E-state index contributed by atoms with van der Waals surface area (Å²) in [5.41, 5.74) is 7.77. The van der Waals surface area contributed by atoms with Crippen LogP contribution in [0.3, 0.4) is 0 Å². The van der Waals surface area contributed by atoms with Gasteiger partial charge in [-0.3, -0.25) is 9.36 Å². The van der Waals surface area contributed by atoms with Crippen LogP contribution in [0.15, 0.2) is 72.0 Å². The number of imidazole rings is 1. The van der Waals surface area contributed by atoms with Gasteiger partial charge in [-0.25, -0.2) is 9.78 Å². The number of aryl methyl sites for hydroxylation is 1. The van der Waals surface area contributed by atoms with Gasteiger partial charge in [0.2, 0.25) is 0 Å². The number of hydrazone groups is 1. The summed E-state index contributed by atoms with van der Waals surface area (Å²) in [6, 6.07) is 16.7. The molecule has 0 bridgehead atoms. The molecule has 0 saturated heterocycles. The number of amidine groups is 1. The van der Waals surface area contributed by atoms with E-state index in [-0.39, 0.29) is 29.7 Å². The van der Waals surface area contributed by atoms with Gasteiger partial charge in [0.25, 0.3) is 5.78 Å². The monoisotopic (exact) mass is 510 g/mol. The first kappa shape index (κ1) is 25.2. The van der Waals surface area contributed by atoms with Gasteiger partial charge in [0.15, 0.2) is 17.3 Å². The third-order valence-electron chi connectivity index (χ3n) is 5.76. The van der Waals surface area contributed by atoms with Crippen molar-refractivity contribution in [2.75, 3.05) is 0 Å². The highest BCUT2D eigenvalue weighted by Crippen LogP contribution is 2.27. The molecule has 37 heavy (non-hydrogen) atoms. The van der Waals surface area contributed by atoms with E-state index >= 15 is 0 Å². The third-order valence-corrected chi connectivity index (χ3v) is 5.76. The van der Waals surface area contributed by atoms with Gasteiger partial charge in [-0.15, -0.1) is 0 Å². The van der Waals surface area contributed by atoms with E-state index in [1.54, 1.807) is 24.3 Å². The maximum absolute atomic E-state index is 13.1. The Kier molecular flexibility index (Phi) is 6.58. The second-order valence-electron chi connectivity index (χ2n) is 8.07. The number of alkyl halides is 3. The highest BCUT2D eigenvalue weighted by atomic mass is 19.4. The predicted octanol–water partition coefficient (Wildman–Crippen LogP) is 3.72. The molecule has 2 aromatic carbocycles. The second kappa shape index (κ2) is 9.64. The lowest BCUT2D eigenvalue weighted by Crippen LogP contribution is -2.25. The van der Waals surface area contributed by atoms with E-state index in [4.69, 9.17) is 11.6 Å². The van der Waals surface area contributed by atoms with E-state index < -0.39 is 23.6 Å². The second-order valence-corrected chi connectivity index (χ2v) is 8.07. The van der Waals surface area contributed by atoms with Crippen LogP contribution in [0.2, 0.25) is 0 Å². The van der Waals surface area contributed by atoms with Crippen LogP contribution in [0, 0.1) is 6.92 Å². The van der Waals surface area contributed by atoms with Crippen molar-refractivity contribution in [2.45, 2.75) is 19.6 Å². The van der Waals surface area contributed by atoms with Crippen molar-refractivity contribution in [1.82, 2.24) is 14.1 Å². The van der Waals surface area contributed by atoms with Gasteiger partial charge in [0.05, 0.1) is 5.69 Å². The van der Waals surface area contributed by atoms with Gasteiger partial charge in [-0.2, -0.15) is 18.3 Å². The number of Topliss-reactive ketones (excluding diaryl/α,β-unsaturated/α-hetero) is 1. The highest BCUT2D eigenvalue weighted by Gasteiger charge is 2.41. The minimum Gasteiger partial charge on any atom is -0.476 e. The van der Waals surface area contributed by atoms with Gasteiger partial charge in [0.1, 0.15) is 5.82 Å². The van der Waals surface area contributed by atoms with Crippen LogP contribution in [0.1, 0.15) is 37.9 Å². The van der Waals surface area contributed by atoms with E-state index in [2.05, 4.69) is 10.1 Å². The van der Waals surface area contributed by atoms with Gasteiger partial charge in [-0.05, 0) is 35.7 Å². The maximum atomic E-state index is 13.1. The van der Waals surface area contributed by atoms with E-state index in [0.29, 0.717) is 11.1 Å². The molecule has 0 aliphatic heterocycles. The Morgan fingerprint density at radius 1 is 1.05 bits per heavy atom. The molecule has 0 atom stereocenters. The summed E-state index contributed by atoms with van der Waals surface area (Å²) in [6.45, 7) is 1.60. The average Bonchev–Trinajstić information content (AvgIpc) is 3.47. The zero-order chi connectivity index (χ0) is 26.9. The number of hydrogen-bond acceptors (Lipinski definition) is 5. The number of nitrogens with two attached hydrogens (primary N) is 2. The summed E-state index contributed by atoms with van der Waals surface area (Å²) in [4.78, 5) is 28.2. The summed E-state index contributed by atoms with van der Waals surface area (Å²) in [6.07, 6.45) is -3.96. The molecule has 0 radical (unpaired) electrons. The van der Waals surface area contributed by atoms with Gasteiger partial charge in [0, 0.05) is 18.3 Å². The zero-order valence-electron chi connectivity index (χ0n) is 19.4. The Labute approximate surface area is 208 Å². The molecule has 2 heterocycles. The molecule has 190 valence electrons. The Morgan fingerprint density at radius 3 is 2.35 bits per heavy atom. The number of carbonyl (C=O) groups is 2. The summed E-state index contributed by atoms with van der Waals surface area (Å²) < 4.78 is 41.4. The first-order chi connectivity index (χ1) is 17.5. The number of carboxylic acid groups (broad SMARTS) is 1. The molecular formula is C25H21F3N6O3. The Bertz CT molecular complexity index is 1520. The number of halogens is 3. The molecule has 0 aliphatic carbocycles. The average molecular weight is 510 g/mol. The molecular weight excluding hydrogens is 489 g/mol. The summed E-state index contributed by atoms with van der Waals surface area (Å²) in [5.74, 6) is 1.95. The first-order valence-electron chi connectivity index (χ1n) is 10.8. The number of rotatable bonds is 7. The molecule has 0 unspecified atom stereocenters. The summed E-state index contributed by atoms with van der Waals surface area (Å²) in [7, 11) is 0. The Balaban J connectivity index is 1.71. The molecule has 4 aromatic rings. The molecule has 0 spiro atoms. The molecule has 0 fully saturated rings. The standard InChI is InChI=1S/C25H21F3N6O3/c1-14-31-23(33-12-4-7-19(33)21(35)25(26,27)28)20(24(36)37)34(14)13-15-8-10-16(11-9-15)17-5-2-3-6-18(17)22(29)32-30/h2-12H,13,30H2,1H3,(H2,29,32)(H,36,37). The number of benzene rings is 2. The lowest BCUT2D eigenvalue weighted by molar-refractivity contribution is -0.0889. The highest BCUT2D eigenvalue weighted by molar-refractivity contribution is 6.03. The van der Waals surface area contributed by atoms with E-state index in [1.807, 2.05) is 24.3 Å². The number of hydrogen-bond donors (Lipinski definition) is 3. The topological polar surface area (TPSA) is 142 Å². The fourth-order valence-electron chi connectivity index (χ4n) is 4.02. The first-order valence-corrected chi connectivity index (χ1v) is 10.8. The van der Waals surface area contributed by atoms with Crippen LogP contribution in [-0.2, 0) is 6.54 Å². The van der Waals surface area contributed by atoms with E-state index in [0.717, 1.165) is 21.8 Å². The van der Waals surface area contributed by atoms with Crippen LogP contribution in [0.4, 0.5) is 13.2 Å². The van der Waals surface area contributed by atoms with Crippen molar-refractivity contribution in [3.05, 3.63) is 95.2 Å². The Morgan fingerprint density at radius 2 is 1.73 bits per heavy atom. The smallest absolute Gasteiger partial charge is 0.456 e. The van der Waals surface area contributed by atoms with Crippen LogP contribution in [0.25, 0.3) is 16.9 Å². The number of ketones is 1. The minimum atomic E-state index is -5.13. The largest absolute Gasteiger partial charge is 0.476 e. The molecule has 4 rings (SSSR count). The van der Waals surface area contributed by atoms with Crippen LogP contribution >= 0.6 is 0 Å². The normalized spacial score (nSPS) is 12.1. The fourth-order valence-corrected chi connectivity index (χ4v) is 4.02. The number of aromatic nitrogens is 3. The number of carbonyl (C=O) groups excluding carboxylic acids is 1. The fraction of sp³-hybridized carbons (Fsp3) is 0.120. The number of aromatic carboxylic acids is 1. The van der Waals surface area contributed by atoms with Gasteiger partial charge in [-0.1, -0.05) is 48.5 Å². The molecule has 0 amide bonds.